The zero-order chi connectivity index (χ0) is 11.7. The second-order valence-corrected chi connectivity index (χ2v) is 4.34. The van der Waals surface area contributed by atoms with E-state index >= 15 is 0 Å². The van der Waals surface area contributed by atoms with Gasteiger partial charge in [-0.15, -0.1) is 0 Å². The Morgan fingerprint density at radius 1 is 1.12 bits per heavy atom. The van der Waals surface area contributed by atoms with Gasteiger partial charge in [-0.3, -0.25) is 0 Å². The largest absolute Gasteiger partial charge is 0.448 e. The van der Waals surface area contributed by atoms with Gasteiger partial charge in [-0.2, -0.15) is 0 Å². The van der Waals surface area contributed by atoms with E-state index in [2.05, 4.69) is 26.0 Å². The number of hydrogen-bond donors (Lipinski definition) is 1. The summed E-state index contributed by atoms with van der Waals surface area (Å²) in [5.41, 5.74) is 9.62. The van der Waals surface area contributed by atoms with Crippen LogP contribution in [0.4, 0.5) is 0 Å². The molecule has 1 aromatic carbocycles. The first-order valence-corrected chi connectivity index (χ1v) is 5.53. The van der Waals surface area contributed by atoms with Gasteiger partial charge in [0.15, 0.2) is 5.22 Å². The zero-order valence-corrected chi connectivity index (χ0v) is 10.1. The number of benzene rings is 1. The van der Waals surface area contributed by atoms with Crippen molar-refractivity contribution in [1.82, 2.24) is 0 Å². The summed E-state index contributed by atoms with van der Waals surface area (Å²) in [6, 6.07) is 9.42. The van der Waals surface area contributed by atoms with Crippen molar-refractivity contribution in [2.24, 2.45) is 5.73 Å². The third-order valence-electron chi connectivity index (χ3n) is 2.79. The van der Waals surface area contributed by atoms with E-state index in [9.17, 15) is 0 Å². The highest BCUT2D eigenvalue weighted by molar-refractivity contribution is 6.28. The smallest absolute Gasteiger partial charge is 0.193 e. The van der Waals surface area contributed by atoms with Crippen molar-refractivity contribution in [3.8, 4) is 0 Å². The molecule has 2 aromatic rings. The second kappa shape index (κ2) is 4.32. The molecule has 2 rings (SSSR count). The van der Waals surface area contributed by atoms with Crippen LogP contribution in [0.25, 0.3) is 0 Å². The van der Waals surface area contributed by atoms with Gasteiger partial charge < -0.3 is 10.2 Å². The maximum Gasteiger partial charge on any atom is 0.193 e. The van der Waals surface area contributed by atoms with Crippen LogP contribution < -0.4 is 5.73 Å². The molecule has 0 bridgehead atoms. The van der Waals surface area contributed by atoms with Gasteiger partial charge in [0.2, 0.25) is 0 Å². The minimum absolute atomic E-state index is 0.258. The molecule has 1 atom stereocenters. The van der Waals surface area contributed by atoms with Gasteiger partial charge >= 0.3 is 0 Å². The molecule has 0 aliphatic heterocycles. The van der Waals surface area contributed by atoms with Crippen LogP contribution in [0, 0.1) is 13.8 Å². The molecule has 1 unspecified atom stereocenters. The van der Waals surface area contributed by atoms with Crippen LogP contribution in [0.15, 0.2) is 34.7 Å². The fourth-order valence-electron chi connectivity index (χ4n) is 1.62. The van der Waals surface area contributed by atoms with Crippen LogP contribution in [-0.4, -0.2) is 0 Å². The minimum atomic E-state index is -0.258. The molecule has 16 heavy (non-hydrogen) atoms. The van der Waals surface area contributed by atoms with Crippen molar-refractivity contribution in [3.05, 3.63) is 58.0 Å². The average molecular weight is 236 g/mol. The average Bonchev–Trinajstić information content (AvgIpc) is 2.68. The SMILES string of the molecule is Cc1ccc(C(N)c2ccc(Cl)o2)cc1C. The van der Waals surface area contributed by atoms with Crippen molar-refractivity contribution < 1.29 is 4.42 Å². The summed E-state index contributed by atoms with van der Waals surface area (Å²) in [4.78, 5) is 0. The van der Waals surface area contributed by atoms with E-state index in [4.69, 9.17) is 21.8 Å². The molecule has 0 aliphatic carbocycles. The first-order chi connectivity index (χ1) is 7.58. The van der Waals surface area contributed by atoms with E-state index in [1.807, 2.05) is 12.1 Å². The molecule has 0 saturated heterocycles. The van der Waals surface area contributed by atoms with Crippen LogP contribution in [0.3, 0.4) is 0 Å². The lowest BCUT2D eigenvalue weighted by Gasteiger charge is -2.11. The number of rotatable bonds is 2. The Morgan fingerprint density at radius 2 is 1.88 bits per heavy atom. The van der Waals surface area contributed by atoms with Gasteiger partial charge in [0.05, 0.1) is 6.04 Å². The fourth-order valence-corrected chi connectivity index (χ4v) is 1.77. The summed E-state index contributed by atoms with van der Waals surface area (Å²) in [7, 11) is 0. The maximum absolute atomic E-state index is 6.10. The quantitative estimate of drug-likeness (QED) is 0.864. The van der Waals surface area contributed by atoms with Crippen molar-refractivity contribution in [2.75, 3.05) is 0 Å². The third kappa shape index (κ3) is 2.13. The lowest BCUT2D eigenvalue weighted by atomic mass is 10.0. The number of halogens is 1. The second-order valence-electron chi connectivity index (χ2n) is 3.96. The summed E-state index contributed by atoms with van der Waals surface area (Å²) in [5.74, 6) is 0.688. The van der Waals surface area contributed by atoms with E-state index < -0.39 is 0 Å². The van der Waals surface area contributed by atoms with Crippen LogP contribution in [-0.2, 0) is 0 Å². The Hall–Kier alpha value is -1.25. The highest BCUT2D eigenvalue weighted by atomic mass is 35.5. The lowest BCUT2D eigenvalue weighted by Crippen LogP contribution is -2.11. The Labute approximate surface area is 100 Å². The van der Waals surface area contributed by atoms with Gasteiger partial charge in [-0.05, 0) is 54.3 Å². The molecule has 1 heterocycles. The van der Waals surface area contributed by atoms with Crippen LogP contribution >= 0.6 is 11.6 Å². The van der Waals surface area contributed by atoms with Gasteiger partial charge in [0.25, 0.3) is 0 Å². The fraction of sp³-hybridized carbons (Fsp3) is 0.231. The molecule has 3 heteroatoms. The summed E-state index contributed by atoms with van der Waals surface area (Å²) < 4.78 is 5.31. The number of aryl methyl sites for hydroxylation is 2. The van der Waals surface area contributed by atoms with E-state index in [0.717, 1.165) is 5.56 Å². The van der Waals surface area contributed by atoms with Crippen LogP contribution in [0.2, 0.25) is 5.22 Å². The molecule has 84 valence electrons. The normalized spacial score (nSPS) is 12.8. The zero-order valence-electron chi connectivity index (χ0n) is 9.33. The Morgan fingerprint density at radius 3 is 2.44 bits per heavy atom. The first-order valence-electron chi connectivity index (χ1n) is 5.16. The van der Waals surface area contributed by atoms with Gasteiger partial charge in [0.1, 0.15) is 5.76 Å². The molecule has 0 radical (unpaired) electrons. The number of nitrogens with two attached hydrogens (primary N) is 1. The Balaban J connectivity index is 2.33. The number of furan rings is 1. The first kappa shape index (κ1) is 11.2. The van der Waals surface area contributed by atoms with Crippen molar-refractivity contribution in [3.63, 3.8) is 0 Å². The highest BCUT2D eigenvalue weighted by Crippen LogP contribution is 2.25. The maximum atomic E-state index is 6.10. The molecule has 2 N–H and O–H groups in total. The Kier molecular flexibility index (Phi) is 3.03. The van der Waals surface area contributed by atoms with Crippen molar-refractivity contribution >= 4 is 11.6 Å². The van der Waals surface area contributed by atoms with Gasteiger partial charge in [-0.25, -0.2) is 0 Å². The monoisotopic (exact) mass is 235 g/mol. The molecular weight excluding hydrogens is 222 g/mol. The Bertz CT molecular complexity index is 504. The topological polar surface area (TPSA) is 39.2 Å². The summed E-state index contributed by atoms with van der Waals surface area (Å²) in [5, 5.41) is 0.370. The highest BCUT2D eigenvalue weighted by Gasteiger charge is 2.13. The molecule has 1 aromatic heterocycles. The molecule has 0 saturated carbocycles. The molecule has 0 fully saturated rings. The summed E-state index contributed by atoms with van der Waals surface area (Å²) >= 11 is 5.73. The molecular formula is C13H14ClNO. The predicted molar refractivity (Wildman–Crippen MR) is 65.7 cm³/mol. The van der Waals surface area contributed by atoms with E-state index in [1.165, 1.54) is 11.1 Å². The molecule has 2 nitrogen and oxygen atoms in total. The summed E-state index contributed by atoms with van der Waals surface area (Å²) in [6.07, 6.45) is 0. The molecule has 0 aliphatic rings. The summed E-state index contributed by atoms with van der Waals surface area (Å²) in [6.45, 7) is 4.15. The number of hydrogen-bond acceptors (Lipinski definition) is 2. The van der Waals surface area contributed by atoms with Gasteiger partial charge in [-0.1, -0.05) is 18.2 Å². The van der Waals surface area contributed by atoms with Crippen LogP contribution in [0.1, 0.15) is 28.5 Å². The molecule has 0 spiro atoms. The minimum Gasteiger partial charge on any atom is -0.448 e. The standard InChI is InChI=1S/C13H14ClNO/c1-8-3-4-10(7-9(8)2)13(15)11-5-6-12(14)16-11/h3-7,13H,15H2,1-2H3. The predicted octanol–water partition coefficient (Wildman–Crippen LogP) is 3.60. The molecule has 0 amide bonds. The van der Waals surface area contributed by atoms with E-state index in [-0.39, 0.29) is 6.04 Å². The van der Waals surface area contributed by atoms with Crippen molar-refractivity contribution in [1.29, 1.82) is 0 Å². The van der Waals surface area contributed by atoms with Crippen molar-refractivity contribution in [2.45, 2.75) is 19.9 Å². The lowest BCUT2D eigenvalue weighted by molar-refractivity contribution is 0.491. The van der Waals surface area contributed by atoms with Gasteiger partial charge in [0, 0.05) is 0 Å². The van der Waals surface area contributed by atoms with E-state index in [0.29, 0.717) is 11.0 Å². The third-order valence-corrected chi connectivity index (χ3v) is 2.99. The van der Waals surface area contributed by atoms with Crippen LogP contribution in [0.5, 0.6) is 0 Å². The van der Waals surface area contributed by atoms with E-state index in [1.54, 1.807) is 6.07 Å².